The monoisotopic (exact) mass is 617 g/mol. The molecule has 1 aliphatic rings. The molecule has 0 radical (unpaired) electrons. The number of aryl methyl sites for hydroxylation is 2. The van der Waals surface area contributed by atoms with E-state index in [0.29, 0.717) is 38.2 Å². The molecule has 4 rings (SSSR count). The maximum absolute atomic E-state index is 13.4. The van der Waals surface area contributed by atoms with E-state index in [-0.39, 0.29) is 29.7 Å². The van der Waals surface area contributed by atoms with Gasteiger partial charge in [-0.2, -0.15) is 0 Å². The van der Waals surface area contributed by atoms with Gasteiger partial charge in [0.2, 0.25) is 5.75 Å². The Kier molecular flexibility index (Phi) is 12.6. The number of aromatic nitrogens is 1. The van der Waals surface area contributed by atoms with Gasteiger partial charge in [-0.15, -0.1) is 0 Å². The molecule has 0 N–H and O–H groups in total. The molecule has 1 aromatic heterocycles. The van der Waals surface area contributed by atoms with Gasteiger partial charge in [0.25, 0.3) is 11.7 Å². The summed E-state index contributed by atoms with van der Waals surface area (Å²) in [5.74, 6) is -0.445. The molecule has 2 aromatic carbocycles. The first-order valence-corrected chi connectivity index (χ1v) is 15.4. The van der Waals surface area contributed by atoms with Gasteiger partial charge in [-0.25, -0.2) is 4.79 Å². The highest BCUT2D eigenvalue weighted by atomic mass is 16.6. The van der Waals surface area contributed by atoms with Crippen LogP contribution in [0.1, 0.15) is 53.6 Å². The van der Waals surface area contributed by atoms with Gasteiger partial charge in [-0.3, -0.25) is 14.6 Å². The van der Waals surface area contributed by atoms with Gasteiger partial charge < -0.3 is 28.7 Å². The van der Waals surface area contributed by atoms with Crippen LogP contribution in [0.15, 0.2) is 67.0 Å². The molecular weight excluding hydrogens is 574 g/mol. The minimum atomic E-state index is -0.692. The van der Waals surface area contributed by atoms with Crippen LogP contribution in [0, 0.1) is 0 Å². The average molecular weight is 618 g/mol. The van der Waals surface area contributed by atoms with E-state index in [4.69, 9.17) is 18.9 Å². The third-order valence-corrected chi connectivity index (χ3v) is 8.02. The number of likely N-dealkylation sites (tertiary alicyclic amines) is 1. The minimum Gasteiger partial charge on any atom is -0.493 e. The maximum atomic E-state index is 13.4. The fourth-order valence-electron chi connectivity index (χ4n) is 5.59. The van der Waals surface area contributed by atoms with Crippen molar-refractivity contribution in [3.8, 4) is 17.2 Å². The normalized spacial score (nSPS) is 14.1. The summed E-state index contributed by atoms with van der Waals surface area (Å²) in [4.78, 5) is 47.4. The van der Waals surface area contributed by atoms with Crippen molar-refractivity contribution in [2.24, 2.45) is 0 Å². The van der Waals surface area contributed by atoms with Crippen molar-refractivity contribution in [1.82, 2.24) is 14.8 Å². The first-order valence-electron chi connectivity index (χ1n) is 15.4. The highest BCUT2D eigenvalue weighted by molar-refractivity contribution is 6.43. The predicted octanol–water partition coefficient (Wildman–Crippen LogP) is 5.38. The molecular formula is C35H43N3O7. The fraction of sp³-hybridized carbons (Fsp3) is 0.429. The Balaban J connectivity index is 1.35. The zero-order valence-electron chi connectivity index (χ0n) is 26.4. The lowest BCUT2D eigenvalue weighted by Crippen LogP contribution is -2.43. The first-order chi connectivity index (χ1) is 21.9. The van der Waals surface area contributed by atoms with E-state index >= 15 is 0 Å². The lowest BCUT2D eigenvalue weighted by Gasteiger charge is -2.26. The number of hydrogen-bond acceptors (Lipinski definition) is 8. The second kappa shape index (κ2) is 17.0. The van der Waals surface area contributed by atoms with Crippen LogP contribution >= 0.6 is 0 Å². The largest absolute Gasteiger partial charge is 0.493 e. The van der Waals surface area contributed by atoms with Crippen molar-refractivity contribution in [2.45, 2.75) is 51.0 Å². The Morgan fingerprint density at radius 2 is 1.56 bits per heavy atom. The van der Waals surface area contributed by atoms with Crippen LogP contribution in [0.25, 0.3) is 0 Å². The molecule has 0 aliphatic carbocycles. The smallest absolute Gasteiger partial charge is 0.409 e. The number of ether oxygens (including phenoxy) is 4. The number of methoxy groups -OCH3 is 3. The van der Waals surface area contributed by atoms with Crippen LogP contribution in [0.3, 0.4) is 0 Å². The number of unbranched alkanes of at least 4 members (excludes halogenated alkanes) is 1. The Labute approximate surface area is 265 Å². The molecule has 45 heavy (non-hydrogen) atoms. The molecule has 1 saturated heterocycles. The quantitative estimate of drug-likeness (QED) is 0.120. The van der Waals surface area contributed by atoms with E-state index in [1.165, 1.54) is 43.9 Å². The van der Waals surface area contributed by atoms with Gasteiger partial charge in [-0.05, 0) is 74.3 Å². The molecule has 10 nitrogen and oxygen atoms in total. The molecule has 0 bridgehead atoms. The van der Waals surface area contributed by atoms with Crippen LogP contribution in [0.5, 0.6) is 17.2 Å². The Bertz CT molecular complexity index is 1380. The topological polar surface area (TPSA) is 108 Å². The molecule has 1 fully saturated rings. The zero-order chi connectivity index (χ0) is 32.0. The van der Waals surface area contributed by atoms with Crippen LogP contribution in [-0.2, 0) is 22.4 Å². The summed E-state index contributed by atoms with van der Waals surface area (Å²) >= 11 is 0. The average Bonchev–Trinajstić information content (AvgIpc) is 3.56. The number of carbonyl (C=O) groups is 3. The van der Waals surface area contributed by atoms with E-state index in [0.717, 1.165) is 37.7 Å². The molecule has 0 spiro atoms. The van der Waals surface area contributed by atoms with Gasteiger partial charge in [0.15, 0.2) is 11.5 Å². The summed E-state index contributed by atoms with van der Waals surface area (Å²) in [6.07, 6.45) is 8.84. The van der Waals surface area contributed by atoms with Gasteiger partial charge in [-0.1, -0.05) is 36.4 Å². The van der Waals surface area contributed by atoms with Gasteiger partial charge in [0, 0.05) is 37.6 Å². The molecule has 10 heteroatoms. The van der Waals surface area contributed by atoms with Crippen molar-refractivity contribution < 1.29 is 33.3 Å². The number of hydrogen-bond donors (Lipinski definition) is 0. The number of nitrogens with zero attached hydrogens (tertiary/aromatic N) is 3. The molecule has 240 valence electrons. The van der Waals surface area contributed by atoms with Crippen LogP contribution in [0.2, 0.25) is 0 Å². The zero-order valence-corrected chi connectivity index (χ0v) is 26.4. The Morgan fingerprint density at radius 1 is 0.867 bits per heavy atom. The number of rotatable bonds is 16. The second-order valence-corrected chi connectivity index (χ2v) is 11.0. The first kappa shape index (κ1) is 33.3. The molecule has 1 unspecified atom stereocenters. The fourth-order valence-corrected chi connectivity index (χ4v) is 5.59. The molecule has 2 heterocycles. The Morgan fingerprint density at radius 3 is 2.22 bits per heavy atom. The summed E-state index contributed by atoms with van der Waals surface area (Å²) < 4.78 is 21.8. The number of Topliss-reactive ketones (excluding diaryl/α,β-unsaturated/α-hetero) is 1. The summed E-state index contributed by atoms with van der Waals surface area (Å²) in [5, 5.41) is 0. The van der Waals surface area contributed by atoms with Gasteiger partial charge in [0.05, 0.1) is 27.4 Å². The van der Waals surface area contributed by atoms with E-state index < -0.39 is 17.8 Å². The van der Waals surface area contributed by atoms with E-state index in [2.05, 4.69) is 17.1 Å². The number of pyridine rings is 1. The van der Waals surface area contributed by atoms with Crippen molar-refractivity contribution >= 4 is 17.8 Å². The van der Waals surface area contributed by atoms with Crippen molar-refractivity contribution in [3.05, 3.63) is 83.7 Å². The number of ketones is 1. The van der Waals surface area contributed by atoms with Gasteiger partial charge >= 0.3 is 6.09 Å². The number of carbonyl (C=O) groups excluding carboxylic acids is 3. The summed E-state index contributed by atoms with van der Waals surface area (Å²) in [5.41, 5.74) is 2.52. The molecule has 0 saturated carbocycles. The lowest BCUT2D eigenvalue weighted by atomic mass is 10.1. The summed E-state index contributed by atoms with van der Waals surface area (Å²) in [6.45, 7) is 1.55. The highest BCUT2D eigenvalue weighted by Gasteiger charge is 2.35. The second-order valence-electron chi connectivity index (χ2n) is 11.0. The van der Waals surface area contributed by atoms with Crippen LogP contribution < -0.4 is 14.2 Å². The molecule has 1 aliphatic heterocycles. The highest BCUT2D eigenvalue weighted by Crippen LogP contribution is 2.38. The van der Waals surface area contributed by atoms with Crippen molar-refractivity contribution in [3.63, 3.8) is 0 Å². The SMILES string of the molecule is COc1cc(C(=O)C(=O)N2CCCC2COC(=O)N(CCCCc2ccccc2)CCCc2cccnc2)cc(OC)c1OC. The summed E-state index contributed by atoms with van der Waals surface area (Å²) in [6, 6.07) is 16.8. The Hall–Kier alpha value is -4.60. The van der Waals surface area contributed by atoms with E-state index in [1.54, 1.807) is 11.1 Å². The lowest BCUT2D eigenvalue weighted by molar-refractivity contribution is -0.128. The van der Waals surface area contributed by atoms with Crippen molar-refractivity contribution in [1.29, 1.82) is 0 Å². The molecule has 3 aromatic rings. The number of benzene rings is 2. The van der Waals surface area contributed by atoms with Gasteiger partial charge in [0.1, 0.15) is 6.61 Å². The van der Waals surface area contributed by atoms with E-state index in [9.17, 15) is 14.4 Å². The van der Waals surface area contributed by atoms with Crippen LogP contribution in [0.4, 0.5) is 4.79 Å². The third kappa shape index (κ3) is 9.20. The predicted molar refractivity (Wildman–Crippen MR) is 170 cm³/mol. The summed E-state index contributed by atoms with van der Waals surface area (Å²) in [7, 11) is 4.36. The molecule has 2 amide bonds. The third-order valence-electron chi connectivity index (χ3n) is 8.02. The number of amides is 2. The van der Waals surface area contributed by atoms with E-state index in [1.807, 2.05) is 36.5 Å². The molecule has 1 atom stereocenters. The standard InChI is InChI=1S/C35H43N3O7/c1-42-30-22-28(23-31(43-2)33(30)44-3)32(39)34(40)38-21-11-17-29(38)25-45-35(41)37(20-10-16-27-15-9-18-36-24-27)19-8-7-14-26-12-5-4-6-13-26/h4-6,9,12-13,15,18,22-24,29H,7-8,10-11,14,16-17,19-21,25H2,1-3H3. The van der Waals surface area contributed by atoms with Crippen molar-refractivity contribution in [2.75, 3.05) is 47.6 Å². The minimum absolute atomic E-state index is 0.0240. The maximum Gasteiger partial charge on any atom is 0.409 e. The van der Waals surface area contributed by atoms with Crippen LogP contribution in [-0.4, -0.2) is 86.2 Å².